The summed E-state index contributed by atoms with van der Waals surface area (Å²) in [7, 11) is 0. The third-order valence-corrected chi connectivity index (χ3v) is 2.60. The molecule has 0 radical (unpaired) electrons. The van der Waals surface area contributed by atoms with Gasteiger partial charge in [0.15, 0.2) is 11.6 Å². The van der Waals surface area contributed by atoms with Crippen LogP contribution in [-0.4, -0.2) is 29.9 Å². The SMILES string of the molecule is NC1CN(C(=O)Cc2ccc(F)c(F)c2)C1. The van der Waals surface area contributed by atoms with Crippen LogP contribution in [0.25, 0.3) is 0 Å². The lowest BCUT2D eigenvalue weighted by Crippen LogP contribution is -2.58. The van der Waals surface area contributed by atoms with Gasteiger partial charge in [-0.25, -0.2) is 8.78 Å². The van der Waals surface area contributed by atoms with Crippen LogP contribution in [0.15, 0.2) is 18.2 Å². The first-order chi connectivity index (χ1) is 7.56. The Morgan fingerprint density at radius 2 is 2.06 bits per heavy atom. The summed E-state index contributed by atoms with van der Waals surface area (Å²) in [6, 6.07) is 3.54. The van der Waals surface area contributed by atoms with Crippen LogP contribution in [0.1, 0.15) is 5.56 Å². The minimum atomic E-state index is -0.925. The molecule has 5 heteroatoms. The van der Waals surface area contributed by atoms with Crippen LogP contribution in [0, 0.1) is 11.6 Å². The van der Waals surface area contributed by atoms with Crippen molar-refractivity contribution in [1.29, 1.82) is 0 Å². The third kappa shape index (κ3) is 2.19. The predicted molar refractivity (Wildman–Crippen MR) is 54.6 cm³/mol. The number of likely N-dealkylation sites (tertiary alicyclic amines) is 1. The Labute approximate surface area is 91.8 Å². The highest BCUT2D eigenvalue weighted by Crippen LogP contribution is 2.12. The van der Waals surface area contributed by atoms with Crippen LogP contribution in [0.4, 0.5) is 8.78 Å². The summed E-state index contributed by atoms with van der Waals surface area (Å²) in [6.45, 7) is 1.09. The van der Waals surface area contributed by atoms with Gasteiger partial charge in [0, 0.05) is 19.1 Å². The molecule has 3 nitrogen and oxygen atoms in total. The number of rotatable bonds is 2. The van der Waals surface area contributed by atoms with E-state index in [1.54, 1.807) is 4.90 Å². The van der Waals surface area contributed by atoms with Crippen LogP contribution in [0.3, 0.4) is 0 Å². The topological polar surface area (TPSA) is 46.3 Å². The molecule has 0 atom stereocenters. The van der Waals surface area contributed by atoms with Crippen molar-refractivity contribution in [2.75, 3.05) is 13.1 Å². The van der Waals surface area contributed by atoms with Crippen LogP contribution in [-0.2, 0) is 11.2 Å². The van der Waals surface area contributed by atoms with Gasteiger partial charge in [-0.2, -0.15) is 0 Å². The monoisotopic (exact) mass is 226 g/mol. The van der Waals surface area contributed by atoms with E-state index in [4.69, 9.17) is 5.73 Å². The molecule has 1 amide bonds. The largest absolute Gasteiger partial charge is 0.339 e. The van der Waals surface area contributed by atoms with E-state index in [1.165, 1.54) is 6.07 Å². The number of amides is 1. The van der Waals surface area contributed by atoms with Gasteiger partial charge in [-0.3, -0.25) is 4.79 Å². The van der Waals surface area contributed by atoms with Gasteiger partial charge in [0.2, 0.25) is 5.91 Å². The molecule has 1 aromatic rings. The molecule has 0 spiro atoms. The fourth-order valence-electron chi connectivity index (χ4n) is 1.65. The zero-order valence-corrected chi connectivity index (χ0v) is 8.62. The second-order valence-corrected chi connectivity index (χ2v) is 3.98. The Kier molecular flexibility index (Phi) is 2.87. The van der Waals surface area contributed by atoms with Gasteiger partial charge in [0.05, 0.1) is 6.42 Å². The lowest BCUT2D eigenvalue weighted by atomic mass is 10.1. The normalized spacial score (nSPS) is 16.1. The zero-order chi connectivity index (χ0) is 11.7. The Morgan fingerprint density at radius 1 is 1.38 bits per heavy atom. The van der Waals surface area contributed by atoms with Gasteiger partial charge >= 0.3 is 0 Å². The molecule has 1 aromatic carbocycles. The van der Waals surface area contributed by atoms with E-state index in [0.29, 0.717) is 18.7 Å². The molecule has 2 rings (SSSR count). The minimum absolute atomic E-state index is 0.0499. The molecule has 0 unspecified atom stereocenters. The van der Waals surface area contributed by atoms with Crippen molar-refractivity contribution in [1.82, 2.24) is 4.90 Å². The highest BCUT2D eigenvalue weighted by Gasteiger charge is 2.27. The Balaban J connectivity index is 1.98. The number of nitrogens with two attached hydrogens (primary N) is 1. The van der Waals surface area contributed by atoms with Crippen molar-refractivity contribution in [3.05, 3.63) is 35.4 Å². The summed E-state index contributed by atoms with van der Waals surface area (Å²) in [5, 5.41) is 0. The van der Waals surface area contributed by atoms with Crippen LogP contribution >= 0.6 is 0 Å². The average molecular weight is 226 g/mol. The predicted octanol–water partition coefficient (Wildman–Crippen LogP) is 0.677. The highest BCUT2D eigenvalue weighted by molar-refractivity contribution is 5.79. The van der Waals surface area contributed by atoms with Gasteiger partial charge in [0.1, 0.15) is 0 Å². The van der Waals surface area contributed by atoms with Crippen molar-refractivity contribution < 1.29 is 13.6 Å². The summed E-state index contributed by atoms with van der Waals surface area (Å²) in [5.74, 6) is -1.93. The molecular weight excluding hydrogens is 214 g/mol. The number of nitrogens with zero attached hydrogens (tertiary/aromatic N) is 1. The van der Waals surface area contributed by atoms with Crippen LogP contribution in [0.2, 0.25) is 0 Å². The summed E-state index contributed by atoms with van der Waals surface area (Å²) in [6.07, 6.45) is 0.0872. The lowest BCUT2D eigenvalue weighted by molar-refractivity contribution is -0.134. The van der Waals surface area contributed by atoms with E-state index in [-0.39, 0.29) is 18.4 Å². The van der Waals surface area contributed by atoms with Crippen molar-refractivity contribution in [2.24, 2.45) is 5.73 Å². The Bertz CT molecular complexity index is 416. The summed E-state index contributed by atoms with van der Waals surface area (Å²) < 4.78 is 25.5. The van der Waals surface area contributed by atoms with E-state index in [1.807, 2.05) is 0 Å². The van der Waals surface area contributed by atoms with Gasteiger partial charge in [0.25, 0.3) is 0 Å². The lowest BCUT2D eigenvalue weighted by Gasteiger charge is -2.36. The summed E-state index contributed by atoms with van der Waals surface area (Å²) >= 11 is 0. The molecule has 1 aliphatic heterocycles. The maximum atomic E-state index is 12.9. The van der Waals surface area contributed by atoms with E-state index in [2.05, 4.69) is 0 Å². The number of benzene rings is 1. The zero-order valence-electron chi connectivity index (χ0n) is 8.62. The van der Waals surface area contributed by atoms with E-state index in [0.717, 1.165) is 12.1 Å². The van der Waals surface area contributed by atoms with Gasteiger partial charge in [-0.1, -0.05) is 6.07 Å². The number of halogens is 2. The molecule has 0 aromatic heterocycles. The Hall–Kier alpha value is -1.49. The number of carbonyl (C=O) groups is 1. The molecule has 0 bridgehead atoms. The molecule has 1 aliphatic rings. The van der Waals surface area contributed by atoms with Gasteiger partial charge in [-0.15, -0.1) is 0 Å². The average Bonchev–Trinajstić information content (AvgIpc) is 2.19. The molecule has 1 fully saturated rings. The third-order valence-electron chi connectivity index (χ3n) is 2.60. The maximum Gasteiger partial charge on any atom is 0.227 e. The first-order valence-electron chi connectivity index (χ1n) is 5.03. The van der Waals surface area contributed by atoms with Crippen molar-refractivity contribution in [3.63, 3.8) is 0 Å². The molecule has 86 valence electrons. The van der Waals surface area contributed by atoms with E-state index in [9.17, 15) is 13.6 Å². The quantitative estimate of drug-likeness (QED) is 0.806. The van der Waals surface area contributed by atoms with Crippen molar-refractivity contribution >= 4 is 5.91 Å². The summed E-state index contributed by atoms with van der Waals surface area (Å²) in [5.41, 5.74) is 6.02. The fourth-order valence-corrected chi connectivity index (χ4v) is 1.65. The second kappa shape index (κ2) is 4.17. The summed E-state index contributed by atoms with van der Waals surface area (Å²) in [4.78, 5) is 13.2. The van der Waals surface area contributed by atoms with Crippen molar-refractivity contribution in [3.8, 4) is 0 Å². The highest BCUT2D eigenvalue weighted by atomic mass is 19.2. The number of hydrogen-bond donors (Lipinski definition) is 1. The molecule has 0 saturated carbocycles. The van der Waals surface area contributed by atoms with Crippen molar-refractivity contribution in [2.45, 2.75) is 12.5 Å². The first kappa shape index (κ1) is 11.0. The molecule has 2 N–H and O–H groups in total. The standard InChI is InChI=1S/C11H12F2N2O/c12-9-2-1-7(3-10(9)13)4-11(16)15-5-8(14)6-15/h1-3,8H,4-6,14H2. The minimum Gasteiger partial charge on any atom is -0.339 e. The molecule has 0 aliphatic carbocycles. The first-order valence-corrected chi connectivity index (χ1v) is 5.03. The molecule has 16 heavy (non-hydrogen) atoms. The van der Waals surface area contributed by atoms with E-state index >= 15 is 0 Å². The smallest absolute Gasteiger partial charge is 0.227 e. The Morgan fingerprint density at radius 3 is 2.62 bits per heavy atom. The van der Waals surface area contributed by atoms with Gasteiger partial charge in [-0.05, 0) is 17.7 Å². The number of hydrogen-bond acceptors (Lipinski definition) is 2. The molecule has 1 heterocycles. The van der Waals surface area contributed by atoms with E-state index < -0.39 is 11.6 Å². The molecular formula is C11H12F2N2O. The second-order valence-electron chi connectivity index (χ2n) is 3.98. The molecule has 1 saturated heterocycles. The van der Waals surface area contributed by atoms with Crippen LogP contribution < -0.4 is 5.73 Å². The van der Waals surface area contributed by atoms with Gasteiger partial charge < -0.3 is 10.6 Å². The van der Waals surface area contributed by atoms with Crippen LogP contribution in [0.5, 0.6) is 0 Å². The fraction of sp³-hybridized carbons (Fsp3) is 0.364. The number of carbonyl (C=O) groups excluding carboxylic acids is 1. The maximum absolute atomic E-state index is 12.9.